The zero-order chi connectivity index (χ0) is 18.2. The van der Waals surface area contributed by atoms with Crippen molar-refractivity contribution in [3.63, 3.8) is 0 Å². The lowest BCUT2D eigenvalue weighted by Crippen LogP contribution is -2.19. The molecule has 0 saturated heterocycles. The van der Waals surface area contributed by atoms with Crippen molar-refractivity contribution in [3.8, 4) is 0 Å². The molecule has 1 heterocycles. The van der Waals surface area contributed by atoms with E-state index in [1.807, 2.05) is 6.92 Å². The molecule has 0 aliphatic rings. The molecule has 0 saturated carbocycles. The molecule has 2 rings (SSSR count). The summed E-state index contributed by atoms with van der Waals surface area (Å²) in [5.74, 6) is -1.32. The number of anilines is 1. The zero-order valence-electron chi connectivity index (χ0n) is 13.9. The Kier molecular flexibility index (Phi) is 6.88. The van der Waals surface area contributed by atoms with Gasteiger partial charge in [0.05, 0.1) is 12.2 Å². The summed E-state index contributed by atoms with van der Waals surface area (Å²) in [5, 5.41) is 10.5. The zero-order valence-corrected chi connectivity index (χ0v) is 14.7. The first-order valence-electron chi connectivity index (χ1n) is 7.78. The molecule has 0 radical (unpaired) electrons. The number of hydrogen-bond acceptors (Lipinski definition) is 6. The van der Waals surface area contributed by atoms with Crippen LogP contribution in [0.3, 0.4) is 0 Å². The Morgan fingerprint density at radius 3 is 2.56 bits per heavy atom. The SMILES string of the molecule is CCOC(=O)C(CC)Sc1ccc(NC(=O)c2ccccc2F)nn1. The summed E-state index contributed by atoms with van der Waals surface area (Å²) in [5.41, 5.74) is -0.0730. The van der Waals surface area contributed by atoms with Crippen molar-refractivity contribution in [1.29, 1.82) is 0 Å². The monoisotopic (exact) mass is 363 g/mol. The van der Waals surface area contributed by atoms with Gasteiger partial charge in [-0.15, -0.1) is 10.2 Å². The van der Waals surface area contributed by atoms with Gasteiger partial charge >= 0.3 is 5.97 Å². The van der Waals surface area contributed by atoms with Crippen LogP contribution in [0.25, 0.3) is 0 Å². The van der Waals surface area contributed by atoms with E-state index in [9.17, 15) is 14.0 Å². The summed E-state index contributed by atoms with van der Waals surface area (Å²) in [6.45, 7) is 3.95. The number of thioether (sulfide) groups is 1. The summed E-state index contributed by atoms with van der Waals surface area (Å²) in [7, 11) is 0. The van der Waals surface area contributed by atoms with E-state index >= 15 is 0 Å². The third kappa shape index (κ3) is 5.25. The van der Waals surface area contributed by atoms with E-state index < -0.39 is 11.7 Å². The van der Waals surface area contributed by atoms with Gasteiger partial charge in [-0.3, -0.25) is 9.59 Å². The molecule has 1 unspecified atom stereocenters. The molecule has 1 aromatic carbocycles. The predicted molar refractivity (Wildman–Crippen MR) is 93.0 cm³/mol. The number of amides is 1. The number of aromatic nitrogens is 2. The standard InChI is InChI=1S/C17H18FN3O3S/c1-3-13(17(23)24-4-2)25-15-10-9-14(20-21-15)19-16(22)11-7-5-6-8-12(11)18/h5-10,13H,3-4H2,1-2H3,(H,19,20,22). The fourth-order valence-corrected chi connectivity index (χ4v) is 2.81. The summed E-state index contributed by atoms with van der Waals surface area (Å²) >= 11 is 1.24. The largest absolute Gasteiger partial charge is 0.465 e. The molecule has 0 spiro atoms. The second-order valence-corrected chi connectivity index (χ2v) is 6.18. The molecule has 1 aromatic heterocycles. The van der Waals surface area contributed by atoms with Crippen LogP contribution in [0.5, 0.6) is 0 Å². The van der Waals surface area contributed by atoms with Crippen molar-refractivity contribution in [1.82, 2.24) is 10.2 Å². The lowest BCUT2D eigenvalue weighted by molar-refractivity contribution is -0.142. The van der Waals surface area contributed by atoms with Gasteiger partial charge in [0.1, 0.15) is 16.1 Å². The quantitative estimate of drug-likeness (QED) is 0.600. The number of benzene rings is 1. The van der Waals surface area contributed by atoms with Crippen LogP contribution < -0.4 is 5.32 Å². The van der Waals surface area contributed by atoms with Gasteiger partial charge in [0.2, 0.25) is 0 Å². The Balaban J connectivity index is 2.01. The minimum atomic E-state index is -0.611. The lowest BCUT2D eigenvalue weighted by atomic mass is 10.2. The number of esters is 1. The van der Waals surface area contributed by atoms with Gasteiger partial charge in [0.15, 0.2) is 5.82 Å². The molecule has 0 fully saturated rings. The van der Waals surface area contributed by atoms with Crippen molar-refractivity contribution in [2.45, 2.75) is 30.5 Å². The Hall–Kier alpha value is -2.48. The van der Waals surface area contributed by atoms with Crippen molar-refractivity contribution in [3.05, 3.63) is 47.8 Å². The number of hydrogen-bond donors (Lipinski definition) is 1. The molecule has 8 heteroatoms. The maximum atomic E-state index is 13.6. The molecule has 132 valence electrons. The topological polar surface area (TPSA) is 81.2 Å². The Bertz CT molecular complexity index is 740. The molecule has 1 N–H and O–H groups in total. The number of carbonyl (C=O) groups is 2. The van der Waals surface area contributed by atoms with Crippen LogP contribution in [-0.2, 0) is 9.53 Å². The van der Waals surface area contributed by atoms with Gasteiger partial charge in [0, 0.05) is 0 Å². The first-order valence-corrected chi connectivity index (χ1v) is 8.66. The van der Waals surface area contributed by atoms with Crippen LogP contribution in [0.4, 0.5) is 10.2 Å². The predicted octanol–water partition coefficient (Wildman–Crippen LogP) is 3.30. The van der Waals surface area contributed by atoms with Gasteiger partial charge in [-0.25, -0.2) is 4.39 Å². The summed E-state index contributed by atoms with van der Waals surface area (Å²) in [4.78, 5) is 23.8. The van der Waals surface area contributed by atoms with Gasteiger partial charge in [-0.2, -0.15) is 0 Å². The molecule has 1 atom stereocenters. The first kappa shape index (κ1) is 18.9. The van der Waals surface area contributed by atoms with Gasteiger partial charge in [-0.1, -0.05) is 30.8 Å². The van der Waals surface area contributed by atoms with Crippen molar-refractivity contribution in [2.75, 3.05) is 11.9 Å². The van der Waals surface area contributed by atoms with E-state index in [2.05, 4.69) is 15.5 Å². The number of ether oxygens (including phenoxy) is 1. The number of halogens is 1. The maximum Gasteiger partial charge on any atom is 0.319 e. The minimum Gasteiger partial charge on any atom is -0.465 e. The molecule has 25 heavy (non-hydrogen) atoms. The number of nitrogens with zero attached hydrogens (tertiary/aromatic N) is 2. The highest BCUT2D eigenvalue weighted by atomic mass is 32.2. The molecular weight excluding hydrogens is 345 g/mol. The molecule has 6 nitrogen and oxygen atoms in total. The third-order valence-corrected chi connectivity index (χ3v) is 4.45. The summed E-state index contributed by atoms with van der Waals surface area (Å²) in [6, 6.07) is 8.85. The van der Waals surface area contributed by atoms with Crippen LogP contribution in [0.2, 0.25) is 0 Å². The fraction of sp³-hybridized carbons (Fsp3) is 0.294. The Morgan fingerprint density at radius 2 is 1.96 bits per heavy atom. The minimum absolute atomic E-state index is 0.0730. The average molecular weight is 363 g/mol. The van der Waals surface area contributed by atoms with Crippen LogP contribution in [0.1, 0.15) is 30.6 Å². The molecule has 1 amide bonds. The smallest absolute Gasteiger partial charge is 0.319 e. The van der Waals surface area contributed by atoms with E-state index in [-0.39, 0.29) is 22.6 Å². The Labute approximate surface area is 149 Å². The number of nitrogens with one attached hydrogen (secondary N) is 1. The van der Waals surface area contributed by atoms with E-state index in [1.165, 1.54) is 30.0 Å². The van der Waals surface area contributed by atoms with Crippen LogP contribution >= 0.6 is 11.8 Å². The number of carbonyl (C=O) groups excluding carboxylic acids is 2. The molecule has 0 bridgehead atoms. The highest BCUT2D eigenvalue weighted by molar-refractivity contribution is 8.00. The normalized spacial score (nSPS) is 11.6. The van der Waals surface area contributed by atoms with E-state index in [4.69, 9.17) is 4.74 Å². The highest BCUT2D eigenvalue weighted by Gasteiger charge is 2.20. The van der Waals surface area contributed by atoms with Crippen molar-refractivity contribution >= 4 is 29.5 Å². The van der Waals surface area contributed by atoms with Crippen LogP contribution in [-0.4, -0.2) is 33.9 Å². The molecule has 0 aliphatic heterocycles. The lowest BCUT2D eigenvalue weighted by Gasteiger charge is -2.12. The first-order chi connectivity index (χ1) is 12.0. The van der Waals surface area contributed by atoms with Crippen molar-refractivity contribution in [2.24, 2.45) is 0 Å². The Morgan fingerprint density at radius 1 is 1.20 bits per heavy atom. The van der Waals surface area contributed by atoms with Gasteiger partial charge in [0.25, 0.3) is 5.91 Å². The fourth-order valence-electron chi connectivity index (χ4n) is 1.96. The number of rotatable bonds is 7. The molecular formula is C17H18FN3O3S. The van der Waals surface area contributed by atoms with Crippen LogP contribution in [0.15, 0.2) is 41.4 Å². The summed E-state index contributed by atoms with van der Waals surface area (Å²) < 4.78 is 18.6. The molecule has 2 aromatic rings. The van der Waals surface area contributed by atoms with E-state index in [1.54, 1.807) is 25.1 Å². The second-order valence-electron chi connectivity index (χ2n) is 4.96. The van der Waals surface area contributed by atoms with Gasteiger partial charge in [-0.05, 0) is 37.6 Å². The van der Waals surface area contributed by atoms with E-state index in [0.29, 0.717) is 18.1 Å². The van der Waals surface area contributed by atoms with Gasteiger partial charge < -0.3 is 10.1 Å². The average Bonchev–Trinajstić information content (AvgIpc) is 2.61. The summed E-state index contributed by atoms with van der Waals surface area (Å²) in [6.07, 6.45) is 0.594. The third-order valence-electron chi connectivity index (χ3n) is 3.18. The maximum absolute atomic E-state index is 13.6. The van der Waals surface area contributed by atoms with Crippen molar-refractivity contribution < 1.29 is 18.7 Å². The molecule has 0 aliphatic carbocycles. The highest BCUT2D eigenvalue weighted by Crippen LogP contribution is 2.24. The van der Waals surface area contributed by atoms with E-state index in [0.717, 1.165) is 0 Å². The van der Waals surface area contributed by atoms with Crippen LogP contribution in [0, 0.1) is 5.82 Å². The second kappa shape index (κ2) is 9.12.